The third-order valence-electron chi connectivity index (χ3n) is 6.33. The van der Waals surface area contributed by atoms with E-state index in [0.29, 0.717) is 17.9 Å². The van der Waals surface area contributed by atoms with Crippen molar-refractivity contribution in [3.05, 3.63) is 17.5 Å². The first-order chi connectivity index (χ1) is 12.4. The Morgan fingerprint density at radius 3 is 2.19 bits per heavy atom. The molecule has 1 aromatic heterocycles. The van der Waals surface area contributed by atoms with Crippen LogP contribution in [0.25, 0.3) is 0 Å². The summed E-state index contributed by atoms with van der Waals surface area (Å²) in [4.78, 5) is 20.0. The topological polar surface area (TPSA) is 44.6 Å². The van der Waals surface area contributed by atoms with Crippen LogP contribution in [0.3, 0.4) is 0 Å². The smallest absolute Gasteiger partial charge is 0.272 e. The number of amides is 1. The van der Waals surface area contributed by atoms with E-state index >= 15 is 0 Å². The van der Waals surface area contributed by atoms with E-state index in [1.807, 2.05) is 18.0 Å². The average Bonchev–Trinajstić information content (AvgIpc) is 3.03. The van der Waals surface area contributed by atoms with Crippen molar-refractivity contribution in [3.63, 3.8) is 0 Å². The molecule has 0 bridgehead atoms. The van der Waals surface area contributed by atoms with E-state index in [1.165, 1.54) is 26.2 Å². The molecule has 6 heteroatoms. The van der Waals surface area contributed by atoms with Crippen LogP contribution in [0.15, 0.2) is 6.07 Å². The van der Waals surface area contributed by atoms with Crippen molar-refractivity contribution in [2.45, 2.75) is 45.6 Å². The predicted molar refractivity (Wildman–Crippen MR) is 104 cm³/mol. The second-order valence-corrected chi connectivity index (χ2v) is 8.44. The van der Waals surface area contributed by atoms with E-state index in [0.717, 1.165) is 37.3 Å². The molecule has 1 amide bonds. The van der Waals surface area contributed by atoms with Crippen LogP contribution in [0.2, 0.25) is 0 Å². The minimum Gasteiger partial charge on any atom is -0.337 e. The molecule has 26 heavy (non-hydrogen) atoms. The molecule has 2 fully saturated rings. The fraction of sp³-hybridized carbons (Fsp3) is 0.800. The molecule has 0 N–H and O–H groups in total. The molecule has 0 unspecified atom stereocenters. The zero-order valence-corrected chi connectivity index (χ0v) is 17.1. The molecule has 6 nitrogen and oxygen atoms in total. The highest BCUT2D eigenvalue weighted by Crippen LogP contribution is 2.26. The first kappa shape index (κ1) is 19.4. The summed E-state index contributed by atoms with van der Waals surface area (Å²) in [6.45, 7) is 13.0. The van der Waals surface area contributed by atoms with Crippen molar-refractivity contribution in [1.82, 2.24) is 24.5 Å². The van der Waals surface area contributed by atoms with Gasteiger partial charge < -0.3 is 9.80 Å². The number of piperazine rings is 1. The fourth-order valence-electron chi connectivity index (χ4n) is 4.25. The van der Waals surface area contributed by atoms with Gasteiger partial charge in [0.05, 0.1) is 5.69 Å². The number of aryl methyl sites for hydroxylation is 1. The van der Waals surface area contributed by atoms with E-state index in [1.54, 1.807) is 4.68 Å². The largest absolute Gasteiger partial charge is 0.337 e. The monoisotopic (exact) mass is 361 g/mol. The molecule has 2 saturated heterocycles. The Bertz CT molecular complexity index is 610. The first-order valence-electron chi connectivity index (χ1n) is 10.1. The Morgan fingerprint density at radius 1 is 1.04 bits per heavy atom. The van der Waals surface area contributed by atoms with Crippen LogP contribution < -0.4 is 0 Å². The van der Waals surface area contributed by atoms with Crippen LogP contribution in [0.5, 0.6) is 0 Å². The van der Waals surface area contributed by atoms with E-state index < -0.39 is 0 Å². The van der Waals surface area contributed by atoms with Crippen molar-refractivity contribution in [2.24, 2.45) is 13.0 Å². The number of rotatable bonds is 4. The van der Waals surface area contributed by atoms with Crippen molar-refractivity contribution < 1.29 is 4.79 Å². The van der Waals surface area contributed by atoms with Gasteiger partial charge in [-0.1, -0.05) is 13.8 Å². The van der Waals surface area contributed by atoms with Crippen molar-refractivity contribution in [2.75, 3.05) is 46.3 Å². The number of likely N-dealkylation sites (N-methyl/N-ethyl adjacent to an activating group) is 1. The van der Waals surface area contributed by atoms with Gasteiger partial charge in [0.15, 0.2) is 0 Å². The lowest BCUT2D eigenvalue weighted by molar-refractivity contribution is 0.0493. The second kappa shape index (κ2) is 8.09. The van der Waals surface area contributed by atoms with Crippen molar-refractivity contribution in [3.8, 4) is 0 Å². The van der Waals surface area contributed by atoms with E-state index in [2.05, 4.69) is 42.7 Å². The lowest BCUT2D eigenvalue weighted by Gasteiger charge is -2.42. The molecule has 0 saturated carbocycles. The number of likely N-dealkylation sites (tertiary alicyclic amines) is 1. The van der Waals surface area contributed by atoms with Gasteiger partial charge in [-0.2, -0.15) is 5.10 Å². The summed E-state index contributed by atoms with van der Waals surface area (Å²) in [5.41, 5.74) is 1.72. The number of hydrogen-bond acceptors (Lipinski definition) is 4. The predicted octanol–water partition coefficient (Wildman–Crippen LogP) is 2.03. The molecule has 0 spiro atoms. The highest BCUT2D eigenvalue weighted by atomic mass is 16.2. The molecule has 2 aliphatic heterocycles. The van der Waals surface area contributed by atoms with E-state index in [-0.39, 0.29) is 5.91 Å². The van der Waals surface area contributed by atoms with Gasteiger partial charge in [0, 0.05) is 52.4 Å². The van der Waals surface area contributed by atoms with Crippen LogP contribution in [0.4, 0.5) is 0 Å². The standard InChI is InChI=1S/C20H35N5O/c1-15(2)18-14-19(23(5)21-18)20(26)25-8-6-17(7-9-25)16(3)24-12-10-22(4)11-13-24/h14-17H,6-13H2,1-5H3/t16-/m1/s1. The maximum Gasteiger partial charge on any atom is 0.272 e. The molecular weight excluding hydrogens is 326 g/mol. The van der Waals surface area contributed by atoms with Gasteiger partial charge in [0.25, 0.3) is 5.91 Å². The van der Waals surface area contributed by atoms with Crippen LogP contribution in [-0.2, 0) is 7.05 Å². The molecule has 3 heterocycles. The molecular formula is C20H35N5O. The number of nitrogens with zero attached hydrogens (tertiary/aromatic N) is 5. The third-order valence-corrected chi connectivity index (χ3v) is 6.33. The van der Waals surface area contributed by atoms with Crippen LogP contribution in [0, 0.1) is 5.92 Å². The number of carbonyl (C=O) groups excluding carboxylic acids is 1. The quantitative estimate of drug-likeness (QED) is 0.823. The summed E-state index contributed by atoms with van der Waals surface area (Å²) in [6.07, 6.45) is 2.21. The Hall–Kier alpha value is -1.40. The average molecular weight is 362 g/mol. The fourth-order valence-corrected chi connectivity index (χ4v) is 4.25. The number of aromatic nitrogens is 2. The zero-order chi connectivity index (χ0) is 18.8. The maximum atomic E-state index is 12.9. The summed E-state index contributed by atoms with van der Waals surface area (Å²) in [5.74, 6) is 1.18. The SMILES string of the molecule is CC(C)c1cc(C(=O)N2CCC([C@@H](C)N3CCN(C)CC3)CC2)n(C)n1. The molecule has 146 valence electrons. The van der Waals surface area contributed by atoms with Gasteiger partial charge in [-0.25, -0.2) is 0 Å². The third kappa shape index (κ3) is 4.12. The summed E-state index contributed by atoms with van der Waals surface area (Å²) in [7, 11) is 4.08. The maximum absolute atomic E-state index is 12.9. The van der Waals surface area contributed by atoms with Gasteiger partial charge in [0.2, 0.25) is 0 Å². The number of carbonyl (C=O) groups is 1. The van der Waals surface area contributed by atoms with Gasteiger partial charge in [-0.05, 0) is 44.7 Å². The summed E-state index contributed by atoms with van der Waals surface area (Å²) >= 11 is 0. The normalized spacial score (nSPS) is 22.2. The molecule has 0 aromatic carbocycles. The first-order valence-corrected chi connectivity index (χ1v) is 10.1. The Balaban J connectivity index is 1.55. The minimum absolute atomic E-state index is 0.137. The number of hydrogen-bond donors (Lipinski definition) is 0. The van der Waals surface area contributed by atoms with Crippen molar-refractivity contribution in [1.29, 1.82) is 0 Å². The molecule has 0 aliphatic carbocycles. The van der Waals surface area contributed by atoms with Crippen LogP contribution in [-0.4, -0.2) is 82.7 Å². The lowest BCUT2D eigenvalue weighted by Crippen LogP contribution is -2.52. The second-order valence-electron chi connectivity index (χ2n) is 8.44. The van der Waals surface area contributed by atoms with Crippen molar-refractivity contribution >= 4 is 5.91 Å². The molecule has 2 aliphatic rings. The van der Waals surface area contributed by atoms with E-state index in [4.69, 9.17) is 0 Å². The summed E-state index contributed by atoms with van der Waals surface area (Å²) in [6, 6.07) is 2.58. The highest BCUT2D eigenvalue weighted by molar-refractivity contribution is 5.92. The minimum atomic E-state index is 0.137. The highest BCUT2D eigenvalue weighted by Gasteiger charge is 2.31. The van der Waals surface area contributed by atoms with Gasteiger partial charge >= 0.3 is 0 Å². The summed E-state index contributed by atoms with van der Waals surface area (Å²) in [5, 5.41) is 4.50. The van der Waals surface area contributed by atoms with Crippen LogP contribution in [0.1, 0.15) is 55.7 Å². The lowest BCUT2D eigenvalue weighted by atomic mass is 9.89. The molecule has 1 aromatic rings. The van der Waals surface area contributed by atoms with Crippen LogP contribution >= 0.6 is 0 Å². The summed E-state index contributed by atoms with van der Waals surface area (Å²) < 4.78 is 1.75. The van der Waals surface area contributed by atoms with Gasteiger partial charge in [-0.3, -0.25) is 14.4 Å². The Kier molecular flexibility index (Phi) is 6.03. The van der Waals surface area contributed by atoms with Gasteiger partial charge in [-0.15, -0.1) is 0 Å². The van der Waals surface area contributed by atoms with Gasteiger partial charge in [0.1, 0.15) is 5.69 Å². The molecule has 0 radical (unpaired) electrons. The zero-order valence-electron chi connectivity index (χ0n) is 17.1. The molecule has 1 atom stereocenters. The Morgan fingerprint density at radius 2 is 1.65 bits per heavy atom. The Labute approximate surface area is 158 Å². The molecule has 3 rings (SSSR count). The number of piperidine rings is 1. The van der Waals surface area contributed by atoms with E-state index in [9.17, 15) is 4.79 Å².